The molecule has 8 heteroatoms. The van der Waals surface area contributed by atoms with Crippen molar-refractivity contribution in [2.24, 2.45) is 0 Å². The number of halogens is 3. The SMILES string of the molecule is O=C(NCc1nnc(-c2ccc(F)cc2)o1)c1ccc(Cl)cc1Cl. The summed E-state index contributed by atoms with van der Waals surface area (Å²) in [7, 11) is 0. The normalized spacial score (nSPS) is 10.6. The van der Waals surface area contributed by atoms with E-state index in [2.05, 4.69) is 15.5 Å². The van der Waals surface area contributed by atoms with Gasteiger partial charge in [0.25, 0.3) is 5.91 Å². The van der Waals surface area contributed by atoms with E-state index in [1.807, 2.05) is 0 Å². The first kappa shape index (κ1) is 16.4. The van der Waals surface area contributed by atoms with Crippen LogP contribution in [0.4, 0.5) is 4.39 Å². The maximum absolute atomic E-state index is 12.9. The van der Waals surface area contributed by atoms with Crippen LogP contribution < -0.4 is 5.32 Å². The lowest BCUT2D eigenvalue weighted by Gasteiger charge is -2.04. The van der Waals surface area contributed by atoms with E-state index in [-0.39, 0.29) is 29.2 Å². The van der Waals surface area contributed by atoms with Crippen LogP contribution in [0.3, 0.4) is 0 Å². The molecule has 0 spiro atoms. The van der Waals surface area contributed by atoms with Gasteiger partial charge in [-0.15, -0.1) is 10.2 Å². The number of carbonyl (C=O) groups is 1. The zero-order valence-electron chi connectivity index (χ0n) is 12.1. The molecule has 122 valence electrons. The smallest absolute Gasteiger partial charge is 0.253 e. The lowest BCUT2D eigenvalue weighted by atomic mass is 10.2. The van der Waals surface area contributed by atoms with Crippen molar-refractivity contribution in [2.45, 2.75) is 6.54 Å². The van der Waals surface area contributed by atoms with E-state index in [1.54, 1.807) is 6.07 Å². The zero-order chi connectivity index (χ0) is 17.1. The fourth-order valence-corrected chi connectivity index (χ4v) is 2.45. The van der Waals surface area contributed by atoms with E-state index in [0.29, 0.717) is 16.1 Å². The molecule has 0 atom stereocenters. The van der Waals surface area contributed by atoms with E-state index < -0.39 is 5.91 Å². The number of nitrogens with zero attached hydrogens (tertiary/aromatic N) is 2. The monoisotopic (exact) mass is 365 g/mol. The lowest BCUT2D eigenvalue weighted by molar-refractivity contribution is 0.0947. The van der Waals surface area contributed by atoms with Crippen molar-refractivity contribution in [3.05, 3.63) is 69.8 Å². The third kappa shape index (κ3) is 3.72. The molecule has 0 fully saturated rings. The van der Waals surface area contributed by atoms with Crippen molar-refractivity contribution in [1.82, 2.24) is 15.5 Å². The summed E-state index contributed by atoms with van der Waals surface area (Å²) in [6.45, 7) is 0.0337. The summed E-state index contributed by atoms with van der Waals surface area (Å²) in [5.41, 5.74) is 0.876. The molecule has 24 heavy (non-hydrogen) atoms. The Labute approximate surface area is 146 Å². The van der Waals surface area contributed by atoms with Crippen LogP contribution in [-0.2, 0) is 6.54 Å². The zero-order valence-corrected chi connectivity index (χ0v) is 13.6. The van der Waals surface area contributed by atoms with Gasteiger partial charge < -0.3 is 9.73 Å². The summed E-state index contributed by atoms with van der Waals surface area (Å²) in [4.78, 5) is 12.1. The maximum atomic E-state index is 12.9. The fourth-order valence-electron chi connectivity index (χ4n) is 1.96. The van der Waals surface area contributed by atoms with Crippen LogP contribution in [0.5, 0.6) is 0 Å². The van der Waals surface area contributed by atoms with Gasteiger partial charge in [-0.25, -0.2) is 4.39 Å². The Balaban J connectivity index is 1.67. The molecule has 3 aromatic rings. The predicted octanol–water partition coefficient (Wildman–Crippen LogP) is 4.11. The average molecular weight is 366 g/mol. The van der Waals surface area contributed by atoms with Crippen LogP contribution in [-0.4, -0.2) is 16.1 Å². The lowest BCUT2D eigenvalue weighted by Crippen LogP contribution is -2.23. The second-order valence-electron chi connectivity index (χ2n) is 4.81. The summed E-state index contributed by atoms with van der Waals surface area (Å²) in [6, 6.07) is 10.2. The third-order valence-electron chi connectivity index (χ3n) is 3.13. The van der Waals surface area contributed by atoms with Crippen molar-refractivity contribution in [1.29, 1.82) is 0 Å². The number of amides is 1. The molecule has 1 aromatic heterocycles. The van der Waals surface area contributed by atoms with Gasteiger partial charge in [0, 0.05) is 10.6 Å². The summed E-state index contributed by atoms with van der Waals surface area (Å²) < 4.78 is 18.3. The van der Waals surface area contributed by atoms with E-state index in [4.69, 9.17) is 27.6 Å². The molecule has 0 saturated carbocycles. The molecule has 0 aliphatic carbocycles. The van der Waals surface area contributed by atoms with E-state index in [9.17, 15) is 9.18 Å². The fraction of sp³-hybridized carbons (Fsp3) is 0.0625. The number of benzene rings is 2. The molecule has 0 unspecified atom stereocenters. The Morgan fingerprint density at radius 3 is 2.58 bits per heavy atom. The van der Waals surface area contributed by atoms with Gasteiger partial charge in [-0.1, -0.05) is 23.2 Å². The Bertz CT molecular complexity index is 881. The number of nitrogens with one attached hydrogen (secondary N) is 1. The highest BCUT2D eigenvalue weighted by molar-refractivity contribution is 6.36. The average Bonchev–Trinajstić information content (AvgIpc) is 3.02. The number of hydrogen-bond donors (Lipinski definition) is 1. The Morgan fingerprint density at radius 2 is 1.88 bits per heavy atom. The van der Waals surface area contributed by atoms with Crippen molar-refractivity contribution in [3.63, 3.8) is 0 Å². The Kier molecular flexibility index (Phi) is 4.78. The second kappa shape index (κ2) is 6.98. The quantitative estimate of drug-likeness (QED) is 0.755. The molecule has 1 N–H and O–H groups in total. The Morgan fingerprint density at radius 1 is 1.12 bits per heavy atom. The van der Waals surface area contributed by atoms with Gasteiger partial charge in [-0.3, -0.25) is 4.79 Å². The highest BCUT2D eigenvalue weighted by atomic mass is 35.5. The minimum atomic E-state index is -0.391. The van der Waals surface area contributed by atoms with Crippen LogP contribution in [0.1, 0.15) is 16.2 Å². The maximum Gasteiger partial charge on any atom is 0.253 e. The molecular weight excluding hydrogens is 356 g/mol. The number of hydrogen-bond acceptors (Lipinski definition) is 4. The third-order valence-corrected chi connectivity index (χ3v) is 3.68. The molecule has 0 saturated heterocycles. The molecule has 0 aliphatic rings. The molecular formula is C16H10Cl2FN3O2. The van der Waals surface area contributed by atoms with Gasteiger partial charge >= 0.3 is 0 Å². The largest absolute Gasteiger partial charge is 0.419 e. The minimum Gasteiger partial charge on any atom is -0.419 e. The van der Waals surface area contributed by atoms with E-state index in [1.165, 1.54) is 36.4 Å². The van der Waals surface area contributed by atoms with Gasteiger partial charge in [0.05, 0.1) is 17.1 Å². The number of rotatable bonds is 4. The van der Waals surface area contributed by atoms with Gasteiger partial charge in [-0.05, 0) is 42.5 Å². The summed E-state index contributed by atoms with van der Waals surface area (Å²) in [6.07, 6.45) is 0. The molecule has 0 bridgehead atoms. The highest BCUT2D eigenvalue weighted by Crippen LogP contribution is 2.21. The topological polar surface area (TPSA) is 68.0 Å². The molecule has 1 heterocycles. The van der Waals surface area contributed by atoms with Crippen LogP contribution in [0.25, 0.3) is 11.5 Å². The van der Waals surface area contributed by atoms with Crippen LogP contribution in [0, 0.1) is 5.82 Å². The summed E-state index contributed by atoms with van der Waals surface area (Å²) in [5.74, 6) is -0.291. The van der Waals surface area contributed by atoms with Crippen molar-refractivity contribution in [2.75, 3.05) is 0 Å². The van der Waals surface area contributed by atoms with Crippen LogP contribution in [0.15, 0.2) is 46.9 Å². The Hall–Kier alpha value is -2.44. The van der Waals surface area contributed by atoms with E-state index in [0.717, 1.165) is 0 Å². The van der Waals surface area contributed by atoms with Crippen molar-refractivity contribution >= 4 is 29.1 Å². The van der Waals surface area contributed by atoms with Crippen LogP contribution >= 0.6 is 23.2 Å². The summed E-state index contributed by atoms with van der Waals surface area (Å²) >= 11 is 11.8. The molecule has 0 radical (unpaired) electrons. The second-order valence-corrected chi connectivity index (χ2v) is 5.66. The van der Waals surface area contributed by atoms with Crippen molar-refractivity contribution in [3.8, 4) is 11.5 Å². The number of carbonyl (C=O) groups excluding carboxylic acids is 1. The summed E-state index contributed by atoms with van der Waals surface area (Å²) in [5, 5.41) is 11.0. The van der Waals surface area contributed by atoms with Gasteiger partial charge in [0.15, 0.2) is 0 Å². The molecule has 1 amide bonds. The van der Waals surface area contributed by atoms with Gasteiger partial charge in [-0.2, -0.15) is 0 Å². The molecule has 5 nitrogen and oxygen atoms in total. The van der Waals surface area contributed by atoms with Gasteiger partial charge in [0.1, 0.15) is 5.82 Å². The first-order chi connectivity index (χ1) is 11.5. The molecule has 3 rings (SSSR count). The number of aromatic nitrogens is 2. The minimum absolute atomic E-state index is 0.0337. The van der Waals surface area contributed by atoms with E-state index >= 15 is 0 Å². The molecule has 2 aromatic carbocycles. The first-order valence-corrected chi connectivity index (χ1v) is 7.60. The molecule has 0 aliphatic heterocycles. The first-order valence-electron chi connectivity index (χ1n) is 6.84. The van der Waals surface area contributed by atoms with Crippen LogP contribution in [0.2, 0.25) is 10.0 Å². The predicted molar refractivity (Wildman–Crippen MR) is 87.3 cm³/mol. The standard InChI is InChI=1S/C16H10Cl2FN3O2/c17-10-3-6-12(13(18)7-10)15(23)20-8-14-21-22-16(24-14)9-1-4-11(19)5-2-9/h1-7H,8H2,(H,20,23). The van der Waals surface area contributed by atoms with Crippen molar-refractivity contribution < 1.29 is 13.6 Å². The van der Waals surface area contributed by atoms with Gasteiger partial charge in [0.2, 0.25) is 11.8 Å². The highest BCUT2D eigenvalue weighted by Gasteiger charge is 2.13.